The summed E-state index contributed by atoms with van der Waals surface area (Å²) in [7, 11) is 7.16. The maximum Gasteiger partial charge on any atom is 0.0122 e. The van der Waals surface area contributed by atoms with Crippen LogP contribution in [0.5, 0.6) is 0 Å². The summed E-state index contributed by atoms with van der Waals surface area (Å²) >= 11 is 0. The highest BCUT2D eigenvalue weighted by Crippen LogP contribution is 2.63. The van der Waals surface area contributed by atoms with Crippen LogP contribution in [0, 0.1) is 29.6 Å². The van der Waals surface area contributed by atoms with E-state index in [0.29, 0.717) is 16.2 Å². The smallest absolute Gasteiger partial charge is 0.0122 e. The van der Waals surface area contributed by atoms with Crippen LogP contribution in [0.25, 0.3) is 0 Å². The second kappa shape index (κ2) is 8.70. The van der Waals surface area contributed by atoms with Crippen LogP contribution in [0.3, 0.4) is 0 Å². The maximum atomic E-state index is 3.59. The van der Waals surface area contributed by atoms with Crippen LogP contribution in [0.15, 0.2) is 23.8 Å². The predicted molar refractivity (Wildman–Crippen MR) is 133 cm³/mol. The van der Waals surface area contributed by atoms with Gasteiger partial charge in [-0.25, -0.2) is 0 Å². The Morgan fingerprint density at radius 1 is 0.586 bits per heavy atom. The Labute approximate surface area is 184 Å². The van der Waals surface area contributed by atoms with Gasteiger partial charge in [0.1, 0.15) is 0 Å². The minimum atomic E-state index is 0.375. The van der Waals surface area contributed by atoms with E-state index < -0.39 is 0 Å². The van der Waals surface area contributed by atoms with Gasteiger partial charge in [0, 0.05) is 16.2 Å². The SMILES string of the molecule is PC(C1=CC=CC1C(P)(C1CCCC1)C1CCCC1)(C1CCCC1)C1CCCC1. The molecule has 4 fully saturated rings. The first-order valence-electron chi connectivity index (χ1n) is 13.1. The normalized spacial score (nSPS) is 30.8. The van der Waals surface area contributed by atoms with Gasteiger partial charge in [-0.05, 0) is 75.0 Å². The van der Waals surface area contributed by atoms with Crippen molar-refractivity contribution in [2.45, 2.75) is 113 Å². The molecule has 4 saturated carbocycles. The van der Waals surface area contributed by atoms with Gasteiger partial charge < -0.3 is 0 Å². The minimum absolute atomic E-state index is 0.375. The quantitative estimate of drug-likeness (QED) is 0.374. The molecule has 162 valence electrons. The number of hydrogen-bond acceptors (Lipinski definition) is 0. The molecule has 0 radical (unpaired) electrons. The standard InChI is InChI=1S/C27H44P2/c28-26(20-10-1-2-11-20,21-12-3-4-13-21)24-18-9-19-25(24)27(29,22-14-5-6-15-22)23-16-7-8-17-23/h9,18-24H,1-8,10-17,28-29H2. The van der Waals surface area contributed by atoms with Crippen LogP contribution in [0.2, 0.25) is 0 Å². The van der Waals surface area contributed by atoms with Gasteiger partial charge in [-0.2, -0.15) is 0 Å². The van der Waals surface area contributed by atoms with Crippen molar-refractivity contribution in [1.82, 2.24) is 0 Å². The van der Waals surface area contributed by atoms with Crippen molar-refractivity contribution in [2.24, 2.45) is 29.6 Å². The summed E-state index contributed by atoms with van der Waals surface area (Å²) in [6, 6.07) is 0. The van der Waals surface area contributed by atoms with Crippen LogP contribution in [0.1, 0.15) is 103 Å². The van der Waals surface area contributed by atoms with E-state index in [4.69, 9.17) is 0 Å². The average molecular weight is 431 g/mol. The van der Waals surface area contributed by atoms with Crippen molar-refractivity contribution >= 4 is 18.5 Å². The molecule has 5 aliphatic rings. The Morgan fingerprint density at radius 2 is 0.966 bits per heavy atom. The summed E-state index contributed by atoms with van der Waals surface area (Å²) in [6.45, 7) is 0. The molecule has 0 heterocycles. The van der Waals surface area contributed by atoms with E-state index in [9.17, 15) is 0 Å². The zero-order valence-electron chi connectivity index (χ0n) is 18.6. The number of allylic oxidation sites excluding steroid dienone is 4. The molecule has 3 unspecified atom stereocenters. The summed E-state index contributed by atoms with van der Waals surface area (Å²) in [4.78, 5) is 0. The summed E-state index contributed by atoms with van der Waals surface area (Å²) < 4.78 is 0. The van der Waals surface area contributed by atoms with Crippen molar-refractivity contribution in [3.05, 3.63) is 23.8 Å². The molecule has 0 aromatic heterocycles. The maximum absolute atomic E-state index is 3.59. The van der Waals surface area contributed by atoms with Gasteiger partial charge in [0.25, 0.3) is 0 Å². The van der Waals surface area contributed by atoms with E-state index >= 15 is 0 Å². The van der Waals surface area contributed by atoms with Crippen LogP contribution < -0.4 is 0 Å². The third kappa shape index (κ3) is 3.56. The molecule has 0 bridgehead atoms. The molecular formula is C27H44P2. The topological polar surface area (TPSA) is 0 Å². The van der Waals surface area contributed by atoms with Crippen molar-refractivity contribution in [3.63, 3.8) is 0 Å². The molecule has 0 N–H and O–H groups in total. The van der Waals surface area contributed by atoms with Crippen molar-refractivity contribution in [2.75, 3.05) is 0 Å². The highest BCUT2D eigenvalue weighted by atomic mass is 31.0. The minimum Gasteiger partial charge on any atom is -0.130 e. The Hall–Kier alpha value is 0.340. The number of hydrogen-bond donors (Lipinski definition) is 0. The van der Waals surface area contributed by atoms with E-state index in [1.165, 1.54) is 103 Å². The van der Waals surface area contributed by atoms with Gasteiger partial charge >= 0.3 is 0 Å². The molecule has 0 aromatic carbocycles. The third-order valence-corrected chi connectivity index (χ3v) is 12.7. The molecule has 0 saturated heterocycles. The first kappa shape index (κ1) is 21.2. The lowest BCUT2D eigenvalue weighted by atomic mass is 9.63. The Balaban J connectivity index is 1.52. The number of rotatable bonds is 6. The van der Waals surface area contributed by atoms with E-state index in [2.05, 4.69) is 36.7 Å². The Kier molecular flexibility index (Phi) is 6.36. The molecule has 0 aromatic rings. The lowest BCUT2D eigenvalue weighted by Gasteiger charge is -2.52. The third-order valence-electron chi connectivity index (χ3n) is 10.1. The molecule has 0 nitrogen and oxygen atoms in total. The zero-order valence-corrected chi connectivity index (χ0v) is 20.9. The highest BCUT2D eigenvalue weighted by Gasteiger charge is 2.55. The molecular weight excluding hydrogens is 386 g/mol. The summed E-state index contributed by atoms with van der Waals surface area (Å²) in [6.07, 6.45) is 31.3. The first-order valence-corrected chi connectivity index (χ1v) is 14.3. The zero-order chi connectivity index (χ0) is 19.9. The Morgan fingerprint density at radius 3 is 1.38 bits per heavy atom. The average Bonchev–Trinajstić information content (AvgIpc) is 3.59. The summed E-state index contributed by atoms with van der Waals surface area (Å²) in [5.74, 6) is 4.34. The molecule has 3 atom stereocenters. The fourth-order valence-electron chi connectivity index (χ4n) is 8.63. The van der Waals surface area contributed by atoms with Gasteiger partial charge in [-0.3, -0.25) is 0 Å². The van der Waals surface area contributed by atoms with Crippen LogP contribution >= 0.6 is 18.5 Å². The van der Waals surface area contributed by atoms with E-state index in [1.807, 2.05) is 5.57 Å². The summed E-state index contributed by atoms with van der Waals surface area (Å²) in [5.41, 5.74) is 1.86. The van der Waals surface area contributed by atoms with Gasteiger partial charge in [0.15, 0.2) is 0 Å². The molecule has 0 amide bonds. The predicted octanol–water partition coefficient (Wildman–Crippen LogP) is 8.09. The van der Waals surface area contributed by atoms with E-state index in [0.717, 1.165) is 23.7 Å². The van der Waals surface area contributed by atoms with E-state index in [1.54, 1.807) is 0 Å². The molecule has 0 spiro atoms. The molecule has 5 aliphatic carbocycles. The molecule has 5 rings (SSSR count). The largest absolute Gasteiger partial charge is 0.130 e. The molecule has 2 heteroatoms. The lowest BCUT2D eigenvalue weighted by Crippen LogP contribution is -2.50. The molecule has 29 heavy (non-hydrogen) atoms. The van der Waals surface area contributed by atoms with Gasteiger partial charge in [0.05, 0.1) is 0 Å². The summed E-state index contributed by atoms with van der Waals surface area (Å²) in [5, 5.41) is 0.797. The van der Waals surface area contributed by atoms with Crippen molar-refractivity contribution in [1.29, 1.82) is 0 Å². The van der Waals surface area contributed by atoms with Crippen LogP contribution in [0.4, 0.5) is 0 Å². The molecule has 0 aliphatic heterocycles. The second-order valence-corrected chi connectivity index (χ2v) is 13.3. The van der Waals surface area contributed by atoms with Crippen LogP contribution in [-0.2, 0) is 0 Å². The second-order valence-electron chi connectivity index (χ2n) is 11.3. The van der Waals surface area contributed by atoms with Crippen LogP contribution in [-0.4, -0.2) is 10.3 Å². The fourth-order valence-corrected chi connectivity index (χ4v) is 10.5. The van der Waals surface area contributed by atoms with Gasteiger partial charge in [-0.1, -0.05) is 75.2 Å². The van der Waals surface area contributed by atoms with Crippen molar-refractivity contribution < 1.29 is 0 Å². The Bertz CT molecular complexity index is 591. The van der Waals surface area contributed by atoms with E-state index in [-0.39, 0.29) is 0 Å². The van der Waals surface area contributed by atoms with Gasteiger partial charge in [-0.15, -0.1) is 18.5 Å². The first-order chi connectivity index (χ1) is 14.1. The highest BCUT2D eigenvalue weighted by molar-refractivity contribution is 7.20. The van der Waals surface area contributed by atoms with Gasteiger partial charge in [0.2, 0.25) is 0 Å². The van der Waals surface area contributed by atoms with Crippen molar-refractivity contribution in [3.8, 4) is 0 Å². The fraction of sp³-hybridized carbons (Fsp3) is 0.852. The monoisotopic (exact) mass is 430 g/mol. The lowest BCUT2D eigenvalue weighted by molar-refractivity contribution is 0.210.